The van der Waals surface area contributed by atoms with Crippen molar-refractivity contribution in [2.45, 2.75) is 19.0 Å². The minimum atomic E-state index is -4.33. The van der Waals surface area contributed by atoms with Gasteiger partial charge in [0.1, 0.15) is 0 Å². The average molecular weight is 308 g/mol. The molecule has 20 heavy (non-hydrogen) atoms. The molecule has 0 bridgehead atoms. The molecule has 5 nitrogen and oxygen atoms in total. The van der Waals surface area contributed by atoms with Gasteiger partial charge in [0.15, 0.2) is 10.7 Å². The molecule has 1 aromatic rings. The predicted molar refractivity (Wildman–Crippen MR) is 63.8 cm³/mol. The highest BCUT2D eigenvalue weighted by molar-refractivity contribution is 7.11. The van der Waals surface area contributed by atoms with E-state index >= 15 is 0 Å². The standard InChI is InChI=1S/C11H11F3N2O3S/c12-11(13,14)6-2-1-3-16(4-6)9(17)8-15-7(5-20-8)10(18)19/h5-6H,1-4H2,(H,18,19). The van der Waals surface area contributed by atoms with Gasteiger partial charge in [-0.05, 0) is 12.8 Å². The lowest BCUT2D eigenvalue weighted by molar-refractivity contribution is -0.184. The molecule has 0 saturated carbocycles. The number of aromatic carboxylic acids is 1. The van der Waals surface area contributed by atoms with Crippen molar-refractivity contribution in [3.63, 3.8) is 0 Å². The summed E-state index contributed by atoms with van der Waals surface area (Å²) in [5.41, 5.74) is -0.275. The molecule has 1 amide bonds. The Kier molecular flexibility index (Phi) is 3.98. The van der Waals surface area contributed by atoms with Crippen LogP contribution in [-0.4, -0.2) is 46.1 Å². The molecule has 2 rings (SSSR count). The largest absolute Gasteiger partial charge is 0.476 e. The Bertz CT molecular complexity index is 529. The second-order valence-corrected chi connectivity index (χ2v) is 5.33. The van der Waals surface area contributed by atoms with E-state index in [0.29, 0.717) is 0 Å². The van der Waals surface area contributed by atoms with Gasteiger partial charge < -0.3 is 10.0 Å². The number of nitrogens with zero attached hydrogens (tertiary/aromatic N) is 2. The number of amides is 1. The van der Waals surface area contributed by atoms with Gasteiger partial charge in [-0.2, -0.15) is 13.2 Å². The maximum atomic E-state index is 12.7. The molecule has 1 aliphatic rings. The zero-order valence-electron chi connectivity index (χ0n) is 10.2. The molecule has 1 saturated heterocycles. The SMILES string of the molecule is O=C(O)c1csc(C(=O)N2CCCC(C(F)(F)F)C2)n1. The molecule has 0 radical (unpaired) electrons. The number of aromatic nitrogens is 1. The molecule has 1 fully saturated rings. The second-order valence-electron chi connectivity index (χ2n) is 4.47. The smallest absolute Gasteiger partial charge is 0.393 e. The van der Waals surface area contributed by atoms with E-state index in [9.17, 15) is 22.8 Å². The van der Waals surface area contributed by atoms with Crippen LogP contribution in [0.3, 0.4) is 0 Å². The van der Waals surface area contributed by atoms with Crippen LogP contribution in [0.1, 0.15) is 33.1 Å². The Morgan fingerprint density at radius 1 is 1.45 bits per heavy atom. The molecule has 9 heteroatoms. The highest BCUT2D eigenvalue weighted by atomic mass is 32.1. The molecule has 2 heterocycles. The van der Waals surface area contributed by atoms with Crippen LogP contribution in [0, 0.1) is 5.92 Å². The summed E-state index contributed by atoms with van der Waals surface area (Å²) < 4.78 is 38.0. The summed E-state index contributed by atoms with van der Waals surface area (Å²) in [5, 5.41) is 9.81. The minimum Gasteiger partial charge on any atom is -0.476 e. The van der Waals surface area contributed by atoms with Gasteiger partial charge in [0.05, 0.1) is 5.92 Å². The van der Waals surface area contributed by atoms with Crippen molar-refractivity contribution in [3.05, 3.63) is 16.1 Å². The third-order valence-electron chi connectivity index (χ3n) is 3.08. The lowest BCUT2D eigenvalue weighted by Crippen LogP contribution is -2.44. The van der Waals surface area contributed by atoms with Crippen molar-refractivity contribution >= 4 is 23.2 Å². The first-order valence-electron chi connectivity index (χ1n) is 5.84. The molecule has 0 spiro atoms. The van der Waals surface area contributed by atoms with Gasteiger partial charge in [0.2, 0.25) is 0 Å². The number of thiazole rings is 1. The topological polar surface area (TPSA) is 70.5 Å². The van der Waals surface area contributed by atoms with Gasteiger partial charge in [0.25, 0.3) is 5.91 Å². The Hall–Kier alpha value is -1.64. The number of carbonyl (C=O) groups is 2. The highest BCUT2D eigenvalue weighted by Crippen LogP contribution is 2.33. The lowest BCUT2D eigenvalue weighted by atomic mass is 9.97. The van der Waals surface area contributed by atoms with E-state index in [-0.39, 0.29) is 30.1 Å². The van der Waals surface area contributed by atoms with Crippen molar-refractivity contribution in [1.82, 2.24) is 9.88 Å². The molecule has 1 aromatic heterocycles. The summed E-state index contributed by atoms with van der Waals surface area (Å²) in [7, 11) is 0. The van der Waals surface area contributed by atoms with E-state index < -0.39 is 30.5 Å². The van der Waals surface area contributed by atoms with E-state index in [4.69, 9.17) is 5.11 Å². The fourth-order valence-corrected chi connectivity index (χ4v) is 2.79. The Labute approximate surface area is 116 Å². The summed E-state index contributed by atoms with van der Waals surface area (Å²) in [5.74, 6) is -3.44. The molecule has 1 aliphatic heterocycles. The zero-order valence-corrected chi connectivity index (χ0v) is 11.0. The van der Waals surface area contributed by atoms with Gasteiger partial charge in [-0.1, -0.05) is 0 Å². The molecule has 110 valence electrons. The van der Waals surface area contributed by atoms with Crippen LogP contribution in [-0.2, 0) is 0 Å². The van der Waals surface area contributed by atoms with Gasteiger partial charge >= 0.3 is 12.1 Å². The number of halogens is 3. The number of alkyl halides is 3. The normalized spacial score (nSPS) is 19.9. The van der Waals surface area contributed by atoms with E-state index in [0.717, 1.165) is 16.2 Å². The predicted octanol–water partition coefficient (Wildman–Crippen LogP) is 2.26. The van der Waals surface area contributed by atoms with Crippen LogP contribution in [0.2, 0.25) is 0 Å². The zero-order chi connectivity index (χ0) is 14.9. The third-order valence-corrected chi connectivity index (χ3v) is 3.91. The van der Waals surface area contributed by atoms with Crippen LogP contribution in [0.4, 0.5) is 13.2 Å². The molecule has 1 N–H and O–H groups in total. The van der Waals surface area contributed by atoms with Crippen molar-refractivity contribution in [2.24, 2.45) is 5.92 Å². The Morgan fingerprint density at radius 3 is 2.70 bits per heavy atom. The average Bonchev–Trinajstić information content (AvgIpc) is 2.87. The maximum absolute atomic E-state index is 12.7. The van der Waals surface area contributed by atoms with E-state index in [2.05, 4.69) is 4.98 Å². The number of hydrogen-bond acceptors (Lipinski definition) is 4. The molecule has 1 atom stereocenters. The Balaban J connectivity index is 2.10. The monoisotopic (exact) mass is 308 g/mol. The summed E-state index contributed by atoms with van der Waals surface area (Å²) in [4.78, 5) is 27.4. The number of piperidine rings is 1. The fourth-order valence-electron chi connectivity index (χ4n) is 2.03. The summed E-state index contributed by atoms with van der Waals surface area (Å²) in [6.45, 7) is -0.169. The van der Waals surface area contributed by atoms with Crippen LogP contribution in [0.25, 0.3) is 0 Å². The van der Waals surface area contributed by atoms with Crippen LogP contribution in [0.5, 0.6) is 0 Å². The number of carboxylic acids is 1. The minimum absolute atomic E-state index is 0.00548. The molecular weight excluding hydrogens is 297 g/mol. The van der Waals surface area contributed by atoms with Crippen molar-refractivity contribution in [2.75, 3.05) is 13.1 Å². The fraction of sp³-hybridized carbons (Fsp3) is 0.545. The van der Waals surface area contributed by atoms with Crippen molar-refractivity contribution in [3.8, 4) is 0 Å². The van der Waals surface area contributed by atoms with Gasteiger partial charge in [-0.25, -0.2) is 9.78 Å². The quantitative estimate of drug-likeness (QED) is 0.909. The van der Waals surface area contributed by atoms with Crippen molar-refractivity contribution in [1.29, 1.82) is 0 Å². The number of carbonyl (C=O) groups excluding carboxylic acids is 1. The number of carboxylic acid groups (broad SMARTS) is 1. The maximum Gasteiger partial charge on any atom is 0.393 e. The number of likely N-dealkylation sites (tertiary alicyclic amines) is 1. The van der Waals surface area contributed by atoms with E-state index in [1.807, 2.05) is 0 Å². The first kappa shape index (κ1) is 14.8. The van der Waals surface area contributed by atoms with E-state index in [1.54, 1.807) is 0 Å². The molecule has 0 aromatic carbocycles. The van der Waals surface area contributed by atoms with Gasteiger partial charge in [-0.15, -0.1) is 11.3 Å². The third kappa shape index (κ3) is 3.09. The van der Waals surface area contributed by atoms with Crippen LogP contribution in [0.15, 0.2) is 5.38 Å². The second kappa shape index (κ2) is 5.39. The van der Waals surface area contributed by atoms with Crippen LogP contribution >= 0.6 is 11.3 Å². The van der Waals surface area contributed by atoms with Crippen LogP contribution < -0.4 is 0 Å². The van der Waals surface area contributed by atoms with Gasteiger partial charge in [-0.3, -0.25) is 4.79 Å². The molecular formula is C11H11F3N2O3S. The Morgan fingerprint density at radius 2 is 2.15 bits per heavy atom. The first-order valence-corrected chi connectivity index (χ1v) is 6.72. The summed E-state index contributed by atoms with van der Waals surface area (Å²) in [6.07, 6.45) is -4.05. The first-order chi connectivity index (χ1) is 9.29. The highest BCUT2D eigenvalue weighted by Gasteiger charge is 2.43. The molecule has 1 unspecified atom stereocenters. The van der Waals surface area contributed by atoms with E-state index in [1.165, 1.54) is 5.38 Å². The number of rotatable bonds is 2. The van der Waals surface area contributed by atoms with Gasteiger partial charge in [0, 0.05) is 18.5 Å². The lowest BCUT2D eigenvalue weighted by Gasteiger charge is -2.33. The molecule has 0 aliphatic carbocycles. The number of hydrogen-bond donors (Lipinski definition) is 1. The summed E-state index contributed by atoms with van der Waals surface area (Å²) in [6, 6.07) is 0. The summed E-state index contributed by atoms with van der Waals surface area (Å²) >= 11 is 0.824. The van der Waals surface area contributed by atoms with Crippen molar-refractivity contribution < 1.29 is 27.9 Å².